The monoisotopic (exact) mass is 1200 g/mol. The third kappa shape index (κ3) is 7.04. The summed E-state index contributed by atoms with van der Waals surface area (Å²) in [5.41, 5.74) is 32.2. The van der Waals surface area contributed by atoms with Crippen LogP contribution in [0.4, 0.5) is 0 Å². The van der Waals surface area contributed by atoms with Gasteiger partial charge in [0.15, 0.2) is 0 Å². The molecule has 0 saturated carbocycles. The first-order valence-corrected chi connectivity index (χ1v) is 27.9. The largest absolute Gasteiger partial charge is 0.309 e. The zero-order valence-electron chi connectivity index (χ0n) is 43.9. The number of rotatable bonds is 6. The molecule has 0 aliphatic heterocycles. The van der Waals surface area contributed by atoms with E-state index in [1.165, 1.54) is 122 Å². The maximum absolute atomic E-state index is 4.59. The SMILES string of the molecule is [Ir].[c-]1ccc(-c2cccc(-c3ccc(-n4c5ccc(-c6ccc7c(c6)C6(Cc8ccccc8C6)c6ccccc6-7)cc5c5cc(-c6ccc7c(c6)C6(Cc8ccccc8C6)c6ccccc6-7)ccc54)cc3)c2)cc1-c1ccccn1. The Hall–Kier alpha value is -8.98. The molecule has 2 heterocycles. The van der Waals surface area contributed by atoms with Crippen LogP contribution < -0.4 is 0 Å². The van der Waals surface area contributed by atoms with E-state index in [0.717, 1.165) is 53.8 Å². The van der Waals surface area contributed by atoms with Crippen molar-refractivity contribution in [1.82, 2.24) is 9.55 Å². The van der Waals surface area contributed by atoms with E-state index in [0.29, 0.717) is 0 Å². The Bertz CT molecular complexity index is 4410. The van der Waals surface area contributed by atoms with Crippen molar-refractivity contribution in [2.24, 2.45) is 0 Å². The average molecular weight is 1200 g/mol. The van der Waals surface area contributed by atoms with E-state index < -0.39 is 0 Å². The molecular formula is C77H51IrN2-. The third-order valence-electron chi connectivity index (χ3n) is 18.6. The summed E-state index contributed by atoms with van der Waals surface area (Å²) in [7, 11) is 0. The number of pyridine rings is 1. The van der Waals surface area contributed by atoms with Gasteiger partial charge < -0.3 is 9.55 Å². The molecule has 2 nitrogen and oxygen atoms in total. The van der Waals surface area contributed by atoms with Crippen molar-refractivity contribution >= 4 is 21.8 Å². The maximum atomic E-state index is 4.59. The quantitative estimate of drug-likeness (QED) is 0.152. The average Bonchev–Trinajstić information content (AvgIpc) is 4.29. The fraction of sp³-hybridized carbons (Fsp3) is 0.0779. The van der Waals surface area contributed by atoms with Crippen LogP contribution in [0.2, 0.25) is 0 Å². The summed E-state index contributed by atoms with van der Waals surface area (Å²) in [5.74, 6) is 0. The van der Waals surface area contributed by atoms with E-state index in [-0.39, 0.29) is 30.9 Å². The molecule has 80 heavy (non-hydrogen) atoms. The van der Waals surface area contributed by atoms with Gasteiger partial charge in [0.25, 0.3) is 0 Å². The Morgan fingerprint density at radius 2 is 0.775 bits per heavy atom. The third-order valence-corrected chi connectivity index (χ3v) is 18.6. The first-order valence-electron chi connectivity index (χ1n) is 27.9. The predicted octanol–water partition coefficient (Wildman–Crippen LogP) is 18.4. The molecule has 0 N–H and O–H groups in total. The Labute approximate surface area is 480 Å². The van der Waals surface area contributed by atoms with Gasteiger partial charge in [-0.05, 0) is 198 Å². The number of nitrogens with zero attached hydrogens (tertiary/aromatic N) is 2. The predicted molar refractivity (Wildman–Crippen MR) is 325 cm³/mol. The van der Waals surface area contributed by atoms with Crippen molar-refractivity contribution in [2.45, 2.75) is 36.5 Å². The van der Waals surface area contributed by atoms with Crippen molar-refractivity contribution in [2.75, 3.05) is 0 Å². The first kappa shape index (κ1) is 47.1. The number of fused-ring (bicyclic) bond motifs is 15. The molecule has 0 saturated heterocycles. The van der Waals surface area contributed by atoms with E-state index in [4.69, 9.17) is 0 Å². The van der Waals surface area contributed by atoms with Crippen molar-refractivity contribution in [1.29, 1.82) is 0 Å². The van der Waals surface area contributed by atoms with Gasteiger partial charge in [-0.2, -0.15) is 0 Å². The van der Waals surface area contributed by atoms with Crippen molar-refractivity contribution in [3.63, 3.8) is 0 Å². The second kappa shape index (κ2) is 18.0. The van der Waals surface area contributed by atoms with Crippen LogP contribution in [0.15, 0.2) is 261 Å². The summed E-state index contributed by atoms with van der Waals surface area (Å²) < 4.78 is 2.48. The molecular weight excluding hydrogens is 1150 g/mol. The first-order chi connectivity index (χ1) is 39.0. The standard InChI is InChI=1S/C77H51N2.Ir/c1-2-14-59-46-76(45-58(59)13-1)69-23-7-5-21-63(69)65-34-28-55(43-71(65)76)53-30-36-74-67(41-53)68-42-54(56-29-35-66-64-22-6-8-24-70(64)77(72(66)44-56)47-60-15-3-4-16-61(60)48-77)31-37-75(68)79(74)62-32-26-49(27-33-62)50-17-11-18-51(39-50)52-19-12-20-57(40-52)73-25-9-10-38-78-73;/h1-19,21-44H,45-48H2;/q-1;. The summed E-state index contributed by atoms with van der Waals surface area (Å²) >= 11 is 0. The Kier molecular flexibility index (Phi) is 10.6. The molecule has 1 radical (unpaired) electrons. The van der Waals surface area contributed by atoms with Gasteiger partial charge in [-0.25, -0.2) is 0 Å². The summed E-state index contributed by atoms with van der Waals surface area (Å²) in [5, 5.41) is 2.50. The number of benzene rings is 11. The van der Waals surface area contributed by atoms with Crippen LogP contribution in [0.3, 0.4) is 0 Å². The molecule has 0 amide bonds. The molecule has 17 rings (SSSR count). The van der Waals surface area contributed by atoms with E-state index in [1.54, 1.807) is 0 Å². The fourth-order valence-electron chi connectivity index (χ4n) is 14.9. The molecule has 0 bridgehead atoms. The molecule has 4 aliphatic rings. The number of hydrogen-bond donors (Lipinski definition) is 0. The van der Waals surface area contributed by atoms with Crippen molar-refractivity contribution in [3.05, 3.63) is 312 Å². The molecule has 0 fully saturated rings. The van der Waals surface area contributed by atoms with Crippen molar-refractivity contribution < 1.29 is 20.1 Å². The second-order valence-corrected chi connectivity index (χ2v) is 22.7. The van der Waals surface area contributed by atoms with E-state index in [1.807, 2.05) is 30.5 Å². The summed E-state index contributed by atoms with van der Waals surface area (Å²) in [6.45, 7) is 0. The molecule has 3 heteroatoms. The molecule has 0 unspecified atom stereocenters. The molecule has 13 aromatic rings. The second-order valence-electron chi connectivity index (χ2n) is 22.7. The van der Waals surface area contributed by atoms with Gasteiger partial charge >= 0.3 is 0 Å². The minimum Gasteiger partial charge on any atom is -0.309 e. The smallest absolute Gasteiger partial charge is 0.0541 e. The van der Waals surface area contributed by atoms with Crippen molar-refractivity contribution in [3.8, 4) is 83.7 Å². The number of hydrogen-bond acceptors (Lipinski definition) is 1. The van der Waals surface area contributed by atoms with Crippen LogP contribution in [0.5, 0.6) is 0 Å². The van der Waals surface area contributed by atoms with Crippen LogP contribution in [-0.2, 0) is 56.6 Å². The molecule has 0 atom stereocenters. The van der Waals surface area contributed by atoms with Gasteiger partial charge in [0.05, 0.1) is 11.0 Å². The maximum Gasteiger partial charge on any atom is 0.0541 e. The van der Waals surface area contributed by atoms with E-state index in [2.05, 4.69) is 246 Å². The summed E-state index contributed by atoms with van der Waals surface area (Å²) in [4.78, 5) is 4.59. The van der Waals surface area contributed by atoms with E-state index in [9.17, 15) is 0 Å². The van der Waals surface area contributed by atoms with Gasteiger partial charge in [0, 0.05) is 53.6 Å². The van der Waals surface area contributed by atoms with Gasteiger partial charge in [0.1, 0.15) is 0 Å². The summed E-state index contributed by atoms with van der Waals surface area (Å²) in [6.07, 6.45) is 5.94. The molecule has 2 aromatic heterocycles. The zero-order valence-corrected chi connectivity index (χ0v) is 46.3. The van der Waals surface area contributed by atoms with Crippen LogP contribution in [0.25, 0.3) is 106 Å². The number of aromatic nitrogens is 2. The topological polar surface area (TPSA) is 17.8 Å². The minimum atomic E-state index is -0.0743. The Balaban J connectivity index is 0.00000531. The molecule has 4 aliphatic carbocycles. The zero-order chi connectivity index (χ0) is 51.8. The van der Waals surface area contributed by atoms with Gasteiger partial charge in [-0.15, -0.1) is 35.4 Å². The molecule has 11 aromatic carbocycles. The van der Waals surface area contributed by atoms with Gasteiger partial charge in [-0.1, -0.05) is 176 Å². The fourth-order valence-corrected chi connectivity index (χ4v) is 14.9. The van der Waals surface area contributed by atoms with Gasteiger partial charge in [-0.3, -0.25) is 0 Å². The van der Waals surface area contributed by atoms with Crippen LogP contribution in [0.1, 0.15) is 44.5 Å². The van der Waals surface area contributed by atoms with E-state index >= 15 is 0 Å². The molecule has 2 spiro atoms. The minimum absolute atomic E-state index is 0. The van der Waals surface area contributed by atoms with Crippen LogP contribution >= 0.6 is 0 Å². The van der Waals surface area contributed by atoms with Crippen LogP contribution in [0, 0.1) is 6.07 Å². The summed E-state index contributed by atoms with van der Waals surface area (Å²) in [6, 6.07) is 99.3. The Morgan fingerprint density at radius 1 is 0.338 bits per heavy atom. The molecule has 379 valence electrons. The normalized spacial score (nSPS) is 14.4. The van der Waals surface area contributed by atoms with Gasteiger partial charge in [0.2, 0.25) is 0 Å². The van der Waals surface area contributed by atoms with Crippen LogP contribution in [-0.4, -0.2) is 9.55 Å². The Morgan fingerprint density at radius 3 is 1.31 bits per heavy atom.